The number of benzene rings is 1. The lowest BCUT2D eigenvalue weighted by atomic mass is 10.2. The quantitative estimate of drug-likeness (QED) is 0.630. The lowest BCUT2D eigenvalue weighted by Crippen LogP contribution is -2.15. The Balaban J connectivity index is 1.71. The van der Waals surface area contributed by atoms with Gasteiger partial charge in [0.2, 0.25) is 5.91 Å². The normalized spacial score (nSPS) is 11.1. The summed E-state index contributed by atoms with van der Waals surface area (Å²) in [6, 6.07) is 11.4. The highest BCUT2D eigenvalue weighted by molar-refractivity contribution is 7.99. The van der Waals surface area contributed by atoms with Gasteiger partial charge < -0.3 is 9.73 Å². The number of nitrogens with zero attached hydrogens (tertiary/aromatic N) is 3. The number of aromatic nitrogens is 3. The van der Waals surface area contributed by atoms with Crippen molar-refractivity contribution in [2.45, 2.75) is 32.5 Å². The number of hydrogen-bond donors (Lipinski definition) is 1. The maximum atomic E-state index is 12.3. The van der Waals surface area contributed by atoms with Gasteiger partial charge in [0.05, 0.1) is 12.0 Å². The summed E-state index contributed by atoms with van der Waals surface area (Å²) in [6.07, 6.45) is 1.62. The maximum absolute atomic E-state index is 12.3. The van der Waals surface area contributed by atoms with Crippen molar-refractivity contribution in [1.29, 1.82) is 0 Å². The zero-order chi connectivity index (χ0) is 18.5. The molecule has 0 saturated carbocycles. The van der Waals surface area contributed by atoms with Crippen LogP contribution in [0.1, 0.15) is 19.4 Å². The van der Waals surface area contributed by atoms with Crippen LogP contribution in [0.4, 0.5) is 5.69 Å². The molecule has 0 aliphatic rings. The first-order valence-electron chi connectivity index (χ1n) is 8.50. The van der Waals surface area contributed by atoms with Gasteiger partial charge in [-0.15, -0.1) is 10.2 Å². The molecule has 0 radical (unpaired) electrons. The van der Waals surface area contributed by atoms with Gasteiger partial charge in [0.1, 0.15) is 0 Å². The van der Waals surface area contributed by atoms with E-state index in [-0.39, 0.29) is 11.7 Å². The third-order valence-corrected chi connectivity index (χ3v) is 4.72. The molecule has 0 aliphatic carbocycles. The summed E-state index contributed by atoms with van der Waals surface area (Å²) >= 11 is 1.38. The van der Waals surface area contributed by atoms with E-state index in [9.17, 15) is 4.79 Å². The molecule has 26 heavy (non-hydrogen) atoms. The lowest BCUT2D eigenvalue weighted by Gasteiger charge is -2.11. The van der Waals surface area contributed by atoms with Crippen LogP contribution in [0.15, 0.2) is 52.2 Å². The fourth-order valence-corrected chi connectivity index (χ4v) is 3.29. The minimum absolute atomic E-state index is 0.0667. The van der Waals surface area contributed by atoms with Gasteiger partial charge in [-0.2, -0.15) is 0 Å². The third-order valence-electron chi connectivity index (χ3n) is 3.76. The molecule has 1 amide bonds. The monoisotopic (exact) mass is 370 g/mol. The van der Waals surface area contributed by atoms with Gasteiger partial charge in [0.25, 0.3) is 0 Å². The first-order chi connectivity index (χ1) is 12.5. The van der Waals surface area contributed by atoms with Crippen LogP contribution >= 0.6 is 11.8 Å². The summed E-state index contributed by atoms with van der Waals surface area (Å²) in [5.41, 5.74) is 1.87. The van der Waals surface area contributed by atoms with E-state index in [1.54, 1.807) is 6.26 Å². The number of carbonyl (C=O) groups excluding carboxylic acids is 1. The Morgan fingerprint density at radius 2 is 2.04 bits per heavy atom. The SMILES string of the molecule is Cc1ccccc1NC(=O)CSc1nnc(-c2ccco2)n1CC(C)C. The van der Waals surface area contributed by atoms with Crippen LogP contribution in [0.25, 0.3) is 11.6 Å². The van der Waals surface area contributed by atoms with Crippen molar-refractivity contribution >= 4 is 23.4 Å². The molecule has 6 nitrogen and oxygen atoms in total. The number of rotatable bonds is 7. The van der Waals surface area contributed by atoms with E-state index in [1.807, 2.05) is 47.9 Å². The van der Waals surface area contributed by atoms with E-state index in [1.165, 1.54) is 11.8 Å². The average Bonchev–Trinajstić information content (AvgIpc) is 3.24. The van der Waals surface area contributed by atoms with E-state index >= 15 is 0 Å². The molecule has 0 atom stereocenters. The van der Waals surface area contributed by atoms with E-state index in [0.29, 0.717) is 22.7 Å². The number of nitrogens with one attached hydrogen (secondary N) is 1. The second-order valence-electron chi connectivity index (χ2n) is 6.44. The van der Waals surface area contributed by atoms with Gasteiger partial charge in [0, 0.05) is 12.2 Å². The summed E-state index contributed by atoms with van der Waals surface area (Å²) in [4.78, 5) is 12.3. The zero-order valence-corrected chi connectivity index (χ0v) is 15.9. The number of carbonyl (C=O) groups is 1. The van der Waals surface area contributed by atoms with Crippen LogP contribution in [-0.4, -0.2) is 26.4 Å². The number of thioether (sulfide) groups is 1. The molecule has 1 N–H and O–H groups in total. The number of aryl methyl sites for hydroxylation is 1. The van der Waals surface area contributed by atoms with Gasteiger partial charge in [-0.05, 0) is 36.6 Å². The first-order valence-corrected chi connectivity index (χ1v) is 9.48. The van der Waals surface area contributed by atoms with Crippen molar-refractivity contribution < 1.29 is 9.21 Å². The molecule has 0 unspecified atom stereocenters. The molecule has 0 fully saturated rings. The highest BCUT2D eigenvalue weighted by atomic mass is 32.2. The molecule has 0 saturated heterocycles. The second kappa shape index (κ2) is 8.23. The molecule has 2 heterocycles. The Bertz CT molecular complexity index is 872. The molecule has 0 spiro atoms. The van der Waals surface area contributed by atoms with Gasteiger partial charge in [-0.25, -0.2) is 0 Å². The van der Waals surface area contributed by atoms with E-state index in [2.05, 4.69) is 29.4 Å². The Morgan fingerprint density at radius 1 is 1.23 bits per heavy atom. The van der Waals surface area contributed by atoms with Crippen molar-refractivity contribution in [2.24, 2.45) is 5.92 Å². The van der Waals surface area contributed by atoms with Crippen molar-refractivity contribution in [2.75, 3.05) is 11.1 Å². The molecule has 0 bridgehead atoms. The molecule has 0 aliphatic heterocycles. The summed E-state index contributed by atoms with van der Waals surface area (Å²) in [6.45, 7) is 6.99. The topological polar surface area (TPSA) is 73.0 Å². The summed E-state index contributed by atoms with van der Waals surface area (Å²) in [5.74, 6) is 1.98. The molecule has 3 aromatic rings. The number of para-hydroxylation sites is 1. The number of amides is 1. The van der Waals surface area contributed by atoms with Crippen LogP contribution in [0, 0.1) is 12.8 Å². The minimum Gasteiger partial charge on any atom is -0.461 e. The van der Waals surface area contributed by atoms with Crippen LogP contribution in [0.3, 0.4) is 0 Å². The molecule has 7 heteroatoms. The summed E-state index contributed by atoms with van der Waals surface area (Å²) in [7, 11) is 0. The molecule has 3 rings (SSSR count). The molecule has 1 aromatic carbocycles. The Morgan fingerprint density at radius 3 is 2.73 bits per heavy atom. The van der Waals surface area contributed by atoms with Gasteiger partial charge in [0.15, 0.2) is 16.7 Å². The number of anilines is 1. The third kappa shape index (κ3) is 4.35. The van der Waals surface area contributed by atoms with Crippen molar-refractivity contribution in [1.82, 2.24) is 14.8 Å². The van der Waals surface area contributed by atoms with Gasteiger partial charge in [-0.3, -0.25) is 9.36 Å². The van der Waals surface area contributed by atoms with Crippen LogP contribution in [-0.2, 0) is 11.3 Å². The highest BCUT2D eigenvalue weighted by Gasteiger charge is 2.18. The average molecular weight is 370 g/mol. The fraction of sp³-hybridized carbons (Fsp3) is 0.316. The molecule has 136 valence electrons. The Labute approximate surface area is 157 Å². The van der Waals surface area contributed by atoms with Crippen LogP contribution in [0.2, 0.25) is 0 Å². The number of furan rings is 1. The van der Waals surface area contributed by atoms with Crippen LogP contribution in [0.5, 0.6) is 0 Å². The number of hydrogen-bond acceptors (Lipinski definition) is 5. The van der Waals surface area contributed by atoms with Gasteiger partial charge >= 0.3 is 0 Å². The molecular weight excluding hydrogens is 348 g/mol. The zero-order valence-electron chi connectivity index (χ0n) is 15.1. The standard InChI is InChI=1S/C19H22N4O2S/c1-13(2)11-23-18(16-9-6-10-25-16)21-22-19(23)26-12-17(24)20-15-8-5-4-7-14(15)3/h4-10,13H,11-12H2,1-3H3,(H,20,24). The van der Waals surface area contributed by atoms with E-state index < -0.39 is 0 Å². The minimum atomic E-state index is -0.0667. The highest BCUT2D eigenvalue weighted by Crippen LogP contribution is 2.25. The maximum Gasteiger partial charge on any atom is 0.234 e. The summed E-state index contributed by atoms with van der Waals surface area (Å²) in [5, 5.41) is 12.2. The predicted molar refractivity (Wildman–Crippen MR) is 103 cm³/mol. The molecular formula is C19H22N4O2S. The summed E-state index contributed by atoms with van der Waals surface area (Å²) < 4.78 is 7.47. The van der Waals surface area contributed by atoms with Crippen molar-refractivity contribution in [3.05, 3.63) is 48.2 Å². The fourth-order valence-electron chi connectivity index (χ4n) is 2.54. The van der Waals surface area contributed by atoms with Crippen molar-refractivity contribution in [3.8, 4) is 11.6 Å². The molecule has 2 aromatic heterocycles. The van der Waals surface area contributed by atoms with Crippen LogP contribution < -0.4 is 5.32 Å². The Kier molecular flexibility index (Phi) is 5.78. The Hall–Kier alpha value is -2.54. The van der Waals surface area contributed by atoms with Gasteiger partial charge in [-0.1, -0.05) is 43.8 Å². The predicted octanol–water partition coefficient (Wildman–Crippen LogP) is 4.23. The lowest BCUT2D eigenvalue weighted by molar-refractivity contribution is -0.113. The van der Waals surface area contributed by atoms with Crippen molar-refractivity contribution in [3.63, 3.8) is 0 Å². The first kappa shape index (κ1) is 18.3. The van der Waals surface area contributed by atoms with E-state index in [0.717, 1.165) is 17.8 Å². The second-order valence-corrected chi connectivity index (χ2v) is 7.38. The largest absolute Gasteiger partial charge is 0.461 e. The smallest absolute Gasteiger partial charge is 0.234 e. The van der Waals surface area contributed by atoms with E-state index in [4.69, 9.17) is 4.42 Å².